The predicted octanol–water partition coefficient (Wildman–Crippen LogP) is 2.82. The third-order valence-corrected chi connectivity index (χ3v) is 3.07. The molecule has 100 valence electrons. The Bertz CT molecular complexity index is 420. The van der Waals surface area contributed by atoms with Crippen molar-refractivity contribution in [3.05, 3.63) is 35.1 Å². The number of carbonyl (C=O) groups is 1. The highest BCUT2D eigenvalue weighted by Gasteiger charge is 2.17. The largest absolute Gasteiger partial charge is 0.481 e. The van der Waals surface area contributed by atoms with Crippen LogP contribution in [-0.4, -0.2) is 28.6 Å². The van der Waals surface area contributed by atoms with Crippen LogP contribution in [0, 0.1) is 12.7 Å². The van der Waals surface area contributed by atoms with E-state index < -0.39 is 5.97 Å². The molecule has 0 amide bonds. The maximum atomic E-state index is 13.6. The highest BCUT2D eigenvalue weighted by atomic mass is 19.1. The van der Waals surface area contributed by atoms with E-state index in [-0.39, 0.29) is 18.3 Å². The van der Waals surface area contributed by atoms with E-state index in [1.807, 2.05) is 31.7 Å². The summed E-state index contributed by atoms with van der Waals surface area (Å²) in [4.78, 5) is 12.7. The average molecular weight is 253 g/mol. The standard InChI is InChI=1S/C14H20FNO2/c1-4-16(11(3)8-14(17)18)9-12-7-10(2)5-6-13(12)15/h5-7,11H,4,8-9H2,1-3H3,(H,17,18). The third kappa shape index (κ3) is 4.11. The number of aryl methyl sites for hydroxylation is 1. The van der Waals surface area contributed by atoms with Gasteiger partial charge in [-0.1, -0.05) is 24.6 Å². The van der Waals surface area contributed by atoms with E-state index >= 15 is 0 Å². The van der Waals surface area contributed by atoms with Crippen molar-refractivity contribution in [1.82, 2.24) is 4.90 Å². The number of hydrogen-bond acceptors (Lipinski definition) is 2. The minimum Gasteiger partial charge on any atom is -0.481 e. The second-order valence-corrected chi connectivity index (χ2v) is 4.60. The molecule has 0 radical (unpaired) electrons. The first-order valence-corrected chi connectivity index (χ1v) is 6.15. The van der Waals surface area contributed by atoms with Gasteiger partial charge in [0.05, 0.1) is 6.42 Å². The number of aliphatic carboxylic acids is 1. The summed E-state index contributed by atoms with van der Waals surface area (Å²) in [6.07, 6.45) is 0.0707. The summed E-state index contributed by atoms with van der Waals surface area (Å²) >= 11 is 0. The summed E-state index contributed by atoms with van der Waals surface area (Å²) in [5.41, 5.74) is 1.63. The van der Waals surface area contributed by atoms with Crippen LogP contribution in [-0.2, 0) is 11.3 Å². The lowest BCUT2D eigenvalue weighted by atomic mass is 10.1. The zero-order valence-electron chi connectivity index (χ0n) is 11.1. The van der Waals surface area contributed by atoms with E-state index in [0.717, 1.165) is 5.56 Å². The molecule has 1 aromatic carbocycles. The molecule has 1 aromatic rings. The maximum absolute atomic E-state index is 13.6. The molecular weight excluding hydrogens is 233 g/mol. The summed E-state index contributed by atoms with van der Waals surface area (Å²) < 4.78 is 13.6. The molecule has 0 saturated heterocycles. The minimum atomic E-state index is -0.828. The minimum absolute atomic E-state index is 0.0707. The Morgan fingerprint density at radius 3 is 2.72 bits per heavy atom. The molecule has 1 atom stereocenters. The average Bonchev–Trinajstić information content (AvgIpc) is 2.29. The van der Waals surface area contributed by atoms with Crippen molar-refractivity contribution in [2.24, 2.45) is 0 Å². The fourth-order valence-corrected chi connectivity index (χ4v) is 2.00. The SMILES string of the molecule is CCN(Cc1cc(C)ccc1F)C(C)CC(=O)O. The molecule has 0 saturated carbocycles. The fourth-order valence-electron chi connectivity index (χ4n) is 2.00. The molecule has 0 spiro atoms. The lowest BCUT2D eigenvalue weighted by Gasteiger charge is -2.27. The van der Waals surface area contributed by atoms with Crippen molar-refractivity contribution >= 4 is 5.97 Å². The summed E-state index contributed by atoms with van der Waals surface area (Å²) in [7, 11) is 0. The number of carboxylic acid groups (broad SMARTS) is 1. The van der Waals surface area contributed by atoms with Crippen LogP contribution < -0.4 is 0 Å². The summed E-state index contributed by atoms with van der Waals surface area (Å²) in [6, 6.07) is 4.90. The zero-order valence-corrected chi connectivity index (χ0v) is 11.1. The first-order valence-electron chi connectivity index (χ1n) is 6.15. The molecule has 0 fully saturated rings. The van der Waals surface area contributed by atoms with Gasteiger partial charge in [-0.15, -0.1) is 0 Å². The van der Waals surface area contributed by atoms with Gasteiger partial charge in [-0.25, -0.2) is 4.39 Å². The monoisotopic (exact) mass is 253 g/mol. The number of carboxylic acids is 1. The summed E-state index contributed by atoms with van der Waals surface area (Å²) in [5.74, 6) is -1.06. The van der Waals surface area contributed by atoms with Gasteiger partial charge in [0.1, 0.15) is 5.82 Å². The van der Waals surface area contributed by atoms with E-state index in [4.69, 9.17) is 5.11 Å². The van der Waals surface area contributed by atoms with E-state index in [1.54, 1.807) is 6.07 Å². The van der Waals surface area contributed by atoms with Crippen molar-refractivity contribution in [3.63, 3.8) is 0 Å². The number of rotatable bonds is 6. The van der Waals surface area contributed by atoms with Crippen LogP contribution in [0.25, 0.3) is 0 Å². The molecule has 3 nitrogen and oxygen atoms in total. The first-order chi connectivity index (χ1) is 8.43. The van der Waals surface area contributed by atoms with Gasteiger partial charge in [-0.2, -0.15) is 0 Å². The number of hydrogen-bond donors (Lipinski definition) is 1. The zero-order chi connectivity index (χ0) is 13.7. The van der Waals surface area contributed by atoms with Crippen molar-refractivity contribution < 1.29 is 14.3 Å². The van der Waals surface area contributed by atoms with Gasteiger partial charge in [-0.05, 0) is 26.5 Å². The molecule has 18 heavy (non-hydrogen) atoms. The molecule has 4 heteroatoms. The molecule has 0 aromatic heterocycles. The molecule has 0 aliphatic carbocycles. The van der Waals surface area contributed by atoms with Crippen molar-refractivity contribution in [2.75, 3.05) is 6.54 Å². The molecular formula is C14H20FNO2. The lowest BCUT2D eigenvalue weighted by molar-refractivity contribution is -0.138. The Hall–Kier alpha value is -1.42. The van der Waals surface area contributed by atoms with Gasteiger partial charge in [0.25, 0.3) is 0 Å². The Labute approximate surface area is 107 Å². The van der Waals surface area contributed by atoms with Gasteiger partial charge in [-0.3, -0.25) is 9.69 Å². The molecule has 0 aliphatic rings. The maximum Gasteiger partial charge on any atom is 0.304 e. The highest BCUT2D eigenvalue weighted by Crippen LogP contribution is 2.15. The van der Waals surface area contributed by atoms with Gasteiger partial charge in [0.2, 0.25) is 0 Å². The predicted molar refractivity (Wildman–Crippen MR) is 68.9 cm³/mol. The summed E-state index contributed by atoms with van der Waals surface area (Å²) in [6.45, 7) is 6.86. The Morgan fingerprint density at radius 1 is 1.50 bits per heavy atom. The van der Waals surface area contributed by atoms with Gasteiger partial charge >= 0.3 is 5.97 Å². The Balaban J connectivity index is 2.79. The van der Waals surface area contributed by atoms with Crippen LogP contribution in [0.3, 0.4) is 0 Å². The smallest absolute Gasteiger partial charge is 0.304 e. The molecule has 0 heterocycles. The van der Waals surface area contributed by atoms with Crippen LogP contribution >= 0.6 is 0 Å². The topological polar surface area (TPSA) is 40.5 Å². The van der Waals surface area contributed by atoms with Gasteiger partial charge in [0, 0.05) is 18.2 Å². The fraction of sp³-hybridized carbons (Fsp3) is 0.500. The lowest BCUT2D eigenvalue weighted by Crippen LogP contribution is -2.34. The highest BCUT2D eigenvalue weighted by molar-refractivity contribution is 5.67. The quantitative estimate of drug-likeness (QED) is 0.847. The van der Waals surface area contributed by atoms with Crippen molar-refractivity contribution in [1.29, 1.82) is 0 Å². The number of halogens is 1. The Morgan fingerprint density at radius 2 is 2.17 bits per heavy atom. The van der Waals surface area contributed by atoms with E-state index in [9.17, 15) is 9.18 Å². The molecule has 1 rings (SSSR count). The van der Waals surface area contributed by atoms with E-state index in [2.05, 4.69) is 0 Å². The van der Waals surface area contributed by atoms with Crippen LogP contribution in [0.1, 0.15) is 31.4 Å². The molecule has 1 unspecified atom stereocenters. The third-order valence-electron chi connectivity index (χ3n) is 3.07. The normalized spacial score (nSPS) is 12.7. The van der Waals surface area contributed by atoms with Crippen LogP contribution in [0.2, 0.25) is 0 Å². The van der Waals surface area contributed by atoms with Gasteiger partial charge < -0.3 is 5.11 Å². The van der Waals surface area contributed by atoms with Crippen molar-refractivity contribution in [3.8, 4) is 0 Å². The number of benzene rings is 1. The Kier molecular flexibility index (Phi) is 5.28. The van der Waals surface area contributed by atoms with E-state index in [0.29, 0.717) is 18.7 Å². The molecule has 0 aliphatic heterocycles. The van der Waals surface area contributed by atoms with Gasteiger partial charge in [0.15, 0.2) is 0 Å². The molecule has 0 bridgehead atoms. The van der Waals surface area contributed by atoms with E-state index in [1.165, 1.54) is 6.07 Å². The number of nitrogens with zero attached hydrogens (tertiary/aromatic N) is 1. The van der Waals surface area contributed by atoms with Crippen LogP contribution in [0.4, 0.5) is 4.39 Å². The second kappa shape index (κ2) is 6.50. The first kappa shape index (κ1) is 14.6. The molecule has 1 N–H and O–H groups in total. The van der Waals surface area contributed by atoms with Crippen LogP contribution in [0.5, 0.6) is 0 Å². The van der Waals surface area contributed by atoms with Crippen LogP contribution in [0.15, 0.2) is 18.2 Å². The second-order valence-electron chi connectivity index (χ2n) is 4.60. The van der Waals surface area contributed by atoms with Crippen molar-refractivity contribution in [2.45, 2.75) is 39.8 Å². The summed E-state index contributed by atoms with van der Waals surface area (Å²) in [5, 5.41) is 8.79.